The summed E-state index contributed by atoms with van der Waals surface area (Å²) in [6.07, 6.45) is -2.84. The number of carbonyl (C=O) groups excluding carboxylic acids is 1. The van der Waals surface area contributed by atoms with Crippen LogP contribution in [0.3, 0.4) is 0 Å². The molecule has 1 fully saturated rings. The lowest BCUT2D eigenvalue weighted by atomic mass is 9.90. The lowest BCUT2D eigenvalue weighted by Gasteiger charge is -2.31. The van der Waals surface area contributed by atoms with Crippen molar-refractivity contribution < 1.29 is 35.2 Å². The highest BCUT2D eigenvalue weighted by Crippen LogP contribution is 2.35. The molecule has 2 atom stereocenters. The molecule has 2 aromatic carbocycles. The predicted molar refractivity (Wildman–Crippen MR) is 143 cm³/mol. The fourth-order valence-electron chi connectivity index (χ4n) is 4.50. The second kappa shape index (κ2) is 11.4. The first-order chi connectivity index (χ1) is 18.7. The zero-order valence-electron chi connectivity index (χ0n) is 21.4. The highest BCUT2D eigenvalue weighted by molar-refractivity contribution is 7.93. The van der Waals surface area contributed by atoms with Gasteiger partial charge in [-0.3, -0.25) is 9.52 Å². The third-order valence-electron chi connectivity index (χ3n) is 6.62. The van der Waals surface area contributed by atoms with Crippen LogP contribution in [-0.4, -0.2) is 36.6 Å². The molecule has 1 aromatic heterocycles. The normalized spacial score (nSPS) is 18.1. The van der Waals surface area contributed by atoms with Gasteiger partial charge in [0.1, 0.15) is 17.1 Å². The number of alkyl halides is 3. The van der Waals surface area contributed by atoms with Gasteiger partial charge in [0, 0.05) is 28.2 Å². The zero-order chi connectivity index (χ0) is 29.4. The van der Waals surface area contributed by atoms with Crippen LogP contribution in [0.4, 0.5) is 33.3 Å². The van der Waals surface area contributed by atoms with Crippen LogP contribution in [0.1, 0.15) is 55.6 Å². The number of amides is 1. The predicted octanol–water partition coefficient (Wildman–Crippen LogP) is 6.49. The fraction of sp³-hybridized carbons (Fsp3) is 0.385. The Kier molecular flexibility index (Phi) is 8.46. The van der Waals surface area contributed by atoms with Crippen molar-refractivity contribution >= 4 is 49.8 Å². The second-order valence-electron chi connectivity index (χ2n) is 9.87. The molecule has 1 amide bonds. The van der Waals surface area contributed by atoms with Crippen LogP contribution in [-0.2, 0) is 16.2 Å². The standard InChI is InChI=1S/C26H26ClF5N4O3S/c1-13(2)40(38,39)36-20-9-7-18(28)23(24(20)29)25(37)34-16-5-3-4-15(11-16)33-21-12-22(26(30,31)32)35-19-8-6-14(27)10-17(19)21/h6-10,12-13,15-16,36H,3-5,11H2,1-2H3,(H,33,35)(H,34,37)/t15-,16+/m0/s1. The molecule has 40 heavy (non-hydrogen) atoms. The van der Waals surface area contributed by atoms with Crippen molar-refractivity contribution in [2.75, 3.05) is 10.0 Å². The minimum absolute atomic E-state index is 0.0984. The molecule has 1 aliphatic rings. The third-order valence-corrected chi connectivity index (χ3v) is 8.60. The average molecular weight is 605 g/mol. The van der Waals surface area contributed by atoms with Crippen LogP contribution in [0.2, 0.25) is 5.02 Å². The summed E-state index contributed by atoms with van der Waals surface area (Å²) < 4.78 is 96.3. The molecule has 1 aliphatic carbocycles. The largest absolute Gasteiger partial charge is 0.433 e. The number of anilines is 2. The van der Waals surface area contributed by atoms with E-state index in [9.17, 15) is 30.8 Å². The number of pyridine rings is 1. The molecular formula is C26H26ClF5N4O3S. The van der Waals surface area contributed by atoms with Crippen LogP contribution < -0.4 is 15.4 Å². The Labute approximate surface area is 232 Å². The highest BCUT2D eigenvalue weighted by atomic mass is 35.5. The Morgan fingerprint density at radius 1 is 1.05 bits per heavy atom. The number of carbonyl (C=O) groups is 1. The molecule has 3 N–H and O–H groups in total. The molecule has 1 saturated carbocycles. The van der Waals surface area contributed by atoms with Gasteiger partial charge in [-0.15, -0.1) is 0 Å². The van der Waals surface area contributed by atoms with E-state index in [0.29, 0.717) is 29.7 Å². The van der Waals surface area contributed by atoms with Crippen molar-refractivity contribution in [3.05, 3.63) is 64.3 Å². The zero-order valence-corrected chi connectivity index (χ0v) is 22.9. The molecule has 1 heterocycles. The van der Waals surface area contributed by atoms with Crippen LogP contribution in [0.15, 0.2) is 36.4 Å². The van der Waals surface area contributed by atoms with Gasteiger partial charge in [-0.1, -0.05) is 11.6 Å². The van der Waals surface area contributed by atoms with Gasteiger partial charge < -0.3 is 10.6 Å². The van der Waals surface area contributed by atoms with Crippen molar-refractivity contribution in [1.82, 2.24) is 10.3 Å². The smallest absolute Gasteiger partial charge is 0.382 e. The number of hydrogen-bond donors (Lipinski definition) is 3. The van der Waals surface area contributed by atoms with E-state index in [1.165, 1.54) is 32.0 Å². The number of nitrogens with zero attached hydrogens (tertiary/aromatic N) is 1. The first-order valence-corrected chi connectivity index (χ1v) is 14.3. The van der Waals surface area contributed by atoms with E-state index in [1.807, 2.05) is 4.72 Å². The Morgan fingerprint density at radius 3 is 2.42 bits per heavy atom. The molecule has 216 valence electrons. The SMILES string of the molecule is CC(C)S(=O)(=O)Nc1ccc(F)c(C(=O)N[C@@H]2CCC[C@H](Nc3cc(C(F)(F)F)nc4ccc(Cl)cc34)C2)c1F. The molecule has 4 rings (SSSR count). The third kappa shape index (κ3) is 6.57. The Balaban J connectivity index is 1.54. The number of benzene rings is 2. The molecule has 3 aromatic rings. The number of sulfonamides is 1. The molecular weight excluding hydrogens is 579 g/mol. The number of fused-ring (bicyclic) bond motifs is 1. The Morgan fingerprint density at radius 2 is 1.75 bits per heavy atom. The van der Waals surface area contributed by atoms with Crippen molar-refractivity contribution in [2.24, 2.45) is 0 Å². The summed E-state index contributed by atoms with van der Waals surface area (Å²) in [6, 6.07) is 5.96. The number of hydrogen-bond acceptors (Lipinski definition) is 5. The first-order valence-electron chi connectivity index (χ1n) is 12.4. The minimum atomic E-state index is -4.68. The maximum absolute atomic E-state index is 15.1. The van der Waals surface area contributed by atoms with Gasteiger partial charge in [0.25, 0.3) is 5.91 Å². The van der Waals surface area contributed by atoms with Gasteiger partial charge in [0.05, 0.1) is 16.5 Å². The van der Waals surface area contributed by atoms with Gasteiger partial charge in [-0.2, -0.15) is 13.2 Å². The quantitative estimate of drug-likeness (QED) is 0.268. The van der Waals surface area contributed by atoms with Gasteiger partial charge in [0.2, 0.25) is 10.0 Å². The first kappa shape index (κ1) is 29.8. The summed E-state index contributed by atoms with van der Waals surface area (Å²) in [5.41, 5.74) is -2.32. The van der Waals surface area contributed by atoms with E-state index in [-0.39, 0.29) is 23.7 Å². The molecule has 0 unspecified atom stereocenters. The van der Waals surface area contributed by atoms with Gasteiger partial charge in [-0.25, -0.2) is 22.2 Å². The summed E-state index contributed by atoms with van der Waals surface area (Å²) >= 11 is 6.06. The Bertz CT molecular complexity index is 1550. The van der Waals surface area contributed by atoms with Crippen molar-refractivity contribution in [3.63, 3.8) is 0 Å². The molecule has 0 saturated heterocycles. The van der Waals surface area contributed by atoms with Crippen LogP contribution >= 0.6 is 11.6 Å². The summed E-state index contributed by atoms with van der Waals surface area (Å²) in [5.74, 6) is -3.61. The lowest BCUT2D eigenvalue weighted by Crippen LogP contribution is -2.42. The van der Waals surface area contributed by atoms with Gasteiger partial charge in [-0.05, 0) is 75.9 Å². The molecule has 0 radical (unpaired) electrons. The van der Waals surface area contributed by atoms with Crippen LogP contribution in [0.25, 0.3) is 10.9 Å². The summed E-state index contributed by atoms with van der Waals surface area (Å²) in [4.78, 5) is 16.6. The molecule has 7 nitrogen and oxygen atoms in total. The van der Waals surface area contributed by atoms with Gasteiger partial charge >= 0.3 is 6.18 Å². The summed E-state index contributed by atoms with van der Waals surface area (Å²) in [7, 11) is -3.96. The van der Waals surface area contributed by atoms with E-state index >= 15 is 4.39 Å². The number of aromatic nitrogens is 1. The molecule has 0 aliphatic heterocycles. The van der Waals surface area contributed by atoms with E-state index in [1.54, 1.807) is 0 Å². The maximum atomic E-state index is 15.1. The monoisotopic (exact) mass is 604 g/mol. The van der Waals surface area contributed by atoms with Crippen molar-refractivity contribution in [2.45, 2.75) is 63.0 Å². The molecule has 14 heteroatoms. The summed E-state index contributed by atoms with van der Waals surface area (Å²) in [5, 5.41) is 5.47. The van der Waals surface area contributed by atoms with Crippen LogP contribution in [0, 0.1) is 11.6 Å². The van der Waals surface area contributed by atoms with E-state index in [4.69, 9.17) is 11.6 Å². The second-order valence-corrected chi connectivity index (χ2v) is 12.5. The Hall–Kier alpha value is -3.19. The number of nitrogens with one attached hydrogen (secondary N) is 3. The van der Waals surface area contributed by atoms with E-state index < -0.39 is 62.0 Å². The highest BCUT2D eigenvalue weighted by Gasteiger charge is 2.34. The van der Waals surface area contributed by atoms with Crippen LogP contribution in [0.5, 0.6) is 0 Å². The fourth-order valence-corrected chi connectivity index (χ4v) is 5.37. The molecule has 0 bridgehead atoms. The average Bonchev–Trinajstić information content (AvgIpc) is 2.85. The minimum Gasteiger partial charge on any atom is -0.382 e. The van der Waals surface area contributed by atoms with E-state index in [0.717, 1.165) is 18.2 Å². The molecule has 0 spiro atoms. The van der Waals surface area contributed by atoms with E-state index in [2.05, 4.69) is 15.6 Å². The van der Waals surface area contributed by atoms with Crippen molar-refractivity contribution in [3.8, 4) is 0 Å². The summed E-state index contributed by atoms with van der Waals surface area (Å²) in [6.45, 7) is 2.75. The van der Waals surface area contributed by atoms with Crippen molar-refractivity contribution in [1.29, 1.82) is 0 Å². The topological polar surface area (TPSA) is 100 Å². The number of halogens is 6. The maximum Gasteiger partial charge on any atom is 0.433 e. The number of rotatable bonds is 7. The lowest BCUT2D eigenvalue weighted by molar-refractivity contribution is -0.140. The van der Waals surface area contributed by atoms with Gasteiger partial charge in [0.15, 0.2) is 5.82 Å².